The highest BCUT2D eigenvalue weighted by Gasteiger charge is 2.34. The maximum atomic E-state index is 14.3. The van der Waals surface area contributed by atoms with Gasteiger partial charge in [0.25, 0.3) is 0 Å². The maximum Gasteiger partial charge on any atom is 0.459 e. The number of rotatable bonds is 10. The van der Waals surface area contributed by atoms with Crippen molar-refractivity contribution in [2.75, 3.05) is 26.6 Å². The number of carbonyl (C=O) groups is 1. The average molecular weight is 555 g/mol. The molecule has 2 aromatic heterocycles. The van der Waals surface area contributed by atoms with Crippen LogP contribution in [-0.2, 0) is 18.6 Å². The van der Waals surface area contributed by atoms with E-state index in [1.807, 2.05) is 16.7 Å². The van der Waals surface area contributed by atoms with E-state index in [-0.39, 0.29) is 41.2 Å². The molecule has 0 saturated heterocycles. The fourth-order valence-corrected chi connectivity index (χ4v) is 5.52. The molecular weight excluding hydrogens is 530 g/mol. The lowest BCUT2D eigenvalue weighted by atomic mass is 10.1. The van der Waals surface area contributed by atoms with Crippen LogP contribution in [-0.4, -0.2) is 52.4 Å². The minimum atomic E-state index is -4.24. The Morgan fingerprint density at radius 2 is 2.14 bits per heavy atom. The number of nitrogens with zero attached hydrogens (tertiary/aromatic N) is 4. The Morgan fingerprint density at radius 3 is 2.84 bits per heavy atom. The van der Waals surface area contributed by atoms with Crippen LogP contribution in [0.4, 0.5) is 10.3 Å². The molecule has 0 amide bonds. The summed E-state index contributed by atoms with van der Waals surface area (Å²) in [5.41, 5.74) is 6.77. The van der Waals surface area contributed by atoms with Gasteiger partial charge in [-0.25, -0.2) is 13.9 Å². The molecule has 0 aliphatic heterocycles. The average Bonchev–Trinajstić information content (AvgIpc) is 3.50. The van der Waals surface area contributed by atoms with Gasteiger partial charge in [0.05, 0.1) is 33.2 Å². The lowest BCUT2D eigenvalue weighted by Crippen LogP contribution is -2.35. The number of nitrogens with two attached hydrogens (primary N) is 1. The van der Waals surface area contributed by atoms with Crippen molar-refractivity contribution in [2.45, 2.75) is 25.4 Å². The third kappa shape index (κ3) is 6.02. The largest absolute Gasteiger partial charge is 0.479 e. The molecule has 37 heavy (non-hydrogen) atoms. The number of methoxy groups -OCH3 is 2. The molecule has 1 unspecified atom stereocenters. The van der Waals surface area contributed by atoms with Crippen molar-refractivity contribution in [3.8, 4) is 11.6 Å². The number of hydrogen-bond acceptors (Lipinski definition) is 10. The van der Waals surface area contributed by atoms with Crippen molar-refractivity contribution < 1.29 is 32.3 Å². The topological polar surface area (TPSA) is 153 Å². The molecular formula is C22H25ClFN6O6P. The molecule has 0 spiro atoms. The fraction of sp³-hybridized carbons (Fsp3) is 0.364. The number of anilines is 1. The molecule has 12 nitrogen and oxygen atoms in total. The van der Waals surface area contributed by atoms with Crippen LogP contribution in [0.5, 0.6) is 11.6 Å². The van der Waals surface area contributed by atoms with Crippen molar-refractivity contribution in [3.63, 3.8) is 0 Å². The van der Waals surface area contributed by atoms with Gasteiger partial charge in [0.2, 0.25) is 11.8 Å². The molecule has 3 N–H and O–H groups in total. The summed E-state index contributed by atoms with van der Waals surface area (Å²) in [7, 11) is -1.59. The summed E-state index contributed by atoms with van der Waals surface area (Å²) in [6.45, 7) is 1.36. The van der Waals surface area contributed by atoms with E-state index in [9.17, 15) is 13.8 Å². The van der Waals surface area contributed by atoms with Crippen LogP contribution in [0, 0.1) is 11.7 Å². The Morgan fingerprint density at radius 1 is 1.35 bits per heavy atom. The molecule has 1 aromatic carbocycles. The molecule has 2 heterocycles. The monoisotopic (exact) mass is 554 g/mol. The molecule has 0 fully saturated rings. The van der Waals surface area contributed by atoms with E-state index in [0.29, 0.717) is 17.6 Å². The number of allylic oxidation sites excluding steroid dienone is 1. The summed E-state index contributed by atoms with van der Waals surface area (Å²) in [6.07, 6.45) is 5.96. The summed E-state index contributed by atoms with van der Waals surface area (Å²) < 4.78 is 50.7. The second-order valence-electron chi connectivity index (χ2n) is 8.20. The molecule has 1 aliphatic rings. The first-order valence-electron chi connectivity index (χ1n) is 11.1. The smallest absolute Gasteiger partial charge is 0.459 e. The Labute approximate surface area is 216 Å². The van der Waals surface area contributed by atoms with E-state index >= 15 is 0 Å². The van der Waals surface area contributed by atoms with Gasteiger partial charge in [0.15, 0.2) is 22.7 Å². The highest BCUT2D eigenvalue weighted by molar-refractivity contribution is 7.52. The van der Waals surface area contributed by atoms with Gasteiger partial charge >= 0.3 is 13.7 Å². The van der Waals surface area contributed by atoms with Gasteiger partial charge in [-0.15, -0.1) is 0 Å². The Balaban J connectivity index is 1.49. The van der Waals surface area contributed by atoms with E-state index < -0.39 is 25.6 Å². The number of halogens is 2. The quantitative estimate of drug-likeness (QED) is 0.214. The van der Waals surface area contributed by atoms with Crippen molar-refractivity contribution in [3.05, 3.63) is 47.5 Å². The van der Waals surface area contributed by atoms with Crippen LogP contribution in [0.2, 0.25) is 5.02 Å². The first-order valence-corrected chi connectivity index (χ1v) is 13.0. The minimum Gasteiger partial charge on any atom is -0.479 e. The van der Waals surface area contributed by atoms with Crippen molar-refractivity contribution >= 4 is 42.4 Å². The highest BCUT2D eigenvalue weighted by atomic mass is 35.5. The summed E-state index contributed by atoms with van der Waals surface area (Å²) in [5.74, 6) is -1.78. The van der Waals surface area contributed by atoms with E-state index in [0.717, 1.165) is 6.07 Å². The van der Waals surface area contributed by atoms with Crippen LogP contribution in [0.25, 0.3) is 11.2 Å². The summed E-state index contributed by atoms with van der Waals surface area (Å²) in [4.78, 5) is 24.5. The molecule has 0 bridgehead atoms. The number of fused-ring (bicyclic) bond motifs is 1. The fourth-order valence-electron chi connectivity index (χ4n) is 3.80. The van der Waals surface area contributed by atoms with Gasteiger partial charge < -0.3 is 24.3 Å². The van der Waals surface area contributed by atoms with Gasteiger partial charge in [-0.05, 0) is 31.5 Å². The van der Waals surface area contributed by atoms with Crippen LogP contribution < -0.4 is 20.1 Å². The lowest BCUT2D eigenvalue weighted by molar-refractivity contribution is -0.142. The number of nitrogens with one attached hydrogen (secondary N) is 1. The standard InChI is InChI=1S/C22H25ClFN6O6P/c1-12(21(31)34-3)29-37(32,36-17-7-5-14(23)9-16(17)24)35-10-13-4-6-15(8-13)30-11-26-18-19(30)27-22(25)28-20(18)33-2/h4-7,9,11-13,15H,8,10H2,1-3H3,(H,29,32)(H2,25,27,28)/t12-,13+,15-,37?/m0/s1. The highest BCUT2D eigenvalue weighted by Crippen LogP contribution is 2.47. The molecule has 0 radical (unpaired) electrons. The third-order valence-corrected chi connectivity index (χ3v) is 7.45. The number of hydrogen-bond donors (Lipinski definition) is 2. The second kappa shape index (κ2) is 11.0. The van der Waals surface area contributed by atoms with Crippen LogP contribution in [0.1, 0.15) is 19.4 Å². The zero-order chi connectivity index (χ0) is 26.7. The first kappa shape index (κ1) is 26.8. The number of esters is 1. The first-order chi connectivity index (χ1) is 17.6. The van der Waals surface area contributed by atoms with Gasteiger partial charge in [0.1, 0.15) is 6.04 Å². The summed E-state index contributed by atoms with van der Waals surface area (Å²) in [5, 5.41) is 2.63. The number of carbonyl (C=O) groups excluding carboxylic acids is 1. The van der Waals surface area contributed by atoms with E-state index in [1.54, 1.807) is 6.33 Å². The molecule has 198 valence electrons. The molecule has 3 aromatic rings. The maximum absolute atomic E-state index is 14.3. The lowest BCUT2D eigenvalue weighted by Gasteiger charge is -2.24. The summed E-state index contributed by atoms with van der Waals surface area (Å²) >= 11 is 5.79. The Bertz CT molecular complexity index is 1390. The number of benzene rings is 1. The van der Waals surface area contributed by atoms with Crippen molar-refractivity contribution in [2.24, 2.45) is 5.92 Å². The predicted octanol–water partition coefficient (Wildman–Crippen LogP) is 3.68. The van der Waals surface area contributed by atoms with Gasteiger partial charge in [-0.3, -0.25) is 9.32 Å². The van der Waals surface area contributed by atoms with E-state index in [4.69, 9.17) is 31.1 Å². The number of aromatic nitrogens is 4. The molecule has 4 rings (SSSR count). The predicted molar refractivity (Wildman–Crippen MR) is 133 cm³/mol. The molecule has 4 atom stereocenters. The van der Waals surface area contributed by atoms with E-state index in [2.05, 4.69) is 24.8 Å². The van der Waals surface area contributed by atoms with E-state index in [1.165, 1.54) is 33.3 Å². The molecule has 1 aliphatic carbocycles. The third-order valence-electron chi connectivity index (χ3n) is 5.58. The van der Waals surface area contributed by atoms with Gasteiger partial charge in [0, 0.05) is 10.9 Å². The summed E-state index contributed by atoms with van der Waals surface area (Å²) in [6, 6.07) is 2.38. The van der Waals surface area contributed by atoms with Crippen molar-refractivity contribution in [1.29, 1.82) is 0 Å². The van der Waals surface area contributed by atoms with Crippen LogP contribution >= 0.6 is 19.3 Å². The SMILES string of the molecule is COC(=O)[C@H](C)NP(=O)(OC[C@@H]1C=C[C@H](n2cnc3c(OC)nc(N)nc32)C1)Oc1ccc(Cl)cc1F. The Hall–Kier alpha value is -3.25. The zero-order valence-electron chi connectivity index (χ0n) is 20.1. The normalized spacial score (nSPS) is 19.5. The second-order valence-corrected chi connectivity index (χ2v) is 10.3. The van der Waals surface area contributed by atoms with Crippen molar-refractivity contribution in [1.82, 2.24) is 24.6 Å². The molecule has 0 saturated carbocycles. The zero-order valence-corrected chi connectivity index (χ0v) is 21.8. The number of imidazole rings is 1. The van der Waals surface area contributed by atoms with Gasteiger partial charge in [-0.2, -0.15) is 15.1 Å². The van der Waals surface area contributed by atoms with Crippen LogP contribution in [0.15, 0.2) is 36.7 Å². The Kier molecular flexibility index (Phi) is 7.98. The molecule has 15 heteroatoms. The number of nitrogen functional groups attached to an aromatic ring is 1. The number of ether oxygens (including phenoxy) is 2. The van der Waals surface area contributed by atoms with Crippen LogP contribution in [0.3, 0.4) is 0 Å². The minimum absolute atomic E-state index is 0.0475. The van der Waals surface area contributed by atoms with Gasteiger partial charge in [-0.1, -0.05) is 23.8 Å².